The molecular formula is C17H15NO6. The average Bonchev–Trinajstić information content (AvgIpc) is 2.54. The van der Waals surface area contributed by atoms with E-state index in [0.29, 0.717) is 0 Å². The molecule has 0 radical (unpaired) electrons. The summed E-state index contributed by atoms with van der Waals surface area (Å²) in [4.78, 5) is 34.0. The average molecular weight is 329 g/mol. The molecule has 0 atom stereocenters. The van der Waals surface area contributed by atoms with Crippen molar-refractivity contribution in [2.75, 3.05) is 5.32 Å². The van der Waals surface area contributed by atoms with Crippen LogP contribution in [0.4, 0.5) is 10.5 Å². The van der Waals surface area contributed by atoms with E-state index >= 15 is 0 Å². The number of carboxylic acid groups (broad SMARTS) is 1. The second-order valence-corrected chi connectivity index (χ2v) is 4.79. The molecule has 0 aliphatic heterocycles. The summed E-state index contributed by atoms with van der Waals surface area (Å²) in [6.07, 6.45) is -0.790. The Labute approximate surface area is 137 Å². The Morgan fingerprint density at radius 1 is 1.08 bits per heavy atom. The number of benzene rings is 2. The Morgan fingerprint density at radius 2 is 1.79 bits per heavy atom. The minimum absolute atomic E-state index is 0.0384. The van der Waals surface area contributed by atoms with Crippen molar-refractivity contribution in [2.24, 2.45) is 0 Å². The van der Waals surface area contributed by atoms with Crippen LogP contribution >= 0.6 is 0 Å². The second kappa shape index (κ2) is 7.77. The van der Waals surface area contributed by atoms with Crippen molar-refractivity contribution >= 4 is 23.7 Å². The van der Waals surface area contributed by atoms with Crippen LogP contribution in [0.15, 0.2) is 48.5 Å². The fraction of sp³-hybridized carbons (Fsp3) is 0.118. The van der Waals surface area contributed by atoms with E-state index in [1.165, 1.54) is 19.1 Å². The fourth-order valence-corrected chi connectivity index (χ4v) is 1.91. The van der Waals surface area contributed by atoms with Gasteiger partial charge in [-0.2, -0.15) is 0 Å². The maximum atomic E-state index is 11.8. The van der Waals surface area contributed by atoms with Crippen LogP contribution in [-0.4, -0.2) is 23.1 Å². The maximum Gasteiger partial charge on any atom is 0.411 e. The van der Waals surface area contributed by atoms with Crippen molar-refractivity contribution in [3.63, 3.8) is 0 Å². The lowest BCUT2D eigenvalue weighted by molar-refractivity contribution is -0.131. The number of hydrogen-bond donors (Lipinski definition) is 2. The molecule has 0 bridgehead atoms. The largest absolute Gasteiger partial charge is 0.478 e. The Bertz CT molecular complexity index is 757. The van der Waals surface area contributed by atoms with Crippen molar-refractivity contribution in [1.82, 2.24) is 0 Å². The third-order valence-corrected chi connectivity index (χ3v) is 2.93. The molecule has 0 heterocycles. The van der Waals surface area contributed by atoms with Gasteiger partial charge in [-0.05, 0) is 23.8 Å². The molecule has 2 aromatic rings. The quantitative estimate of drug-likeness (QED) is 0.645. The number of hydrogen-bond acceptors (Lipinski definition) is 5. The molecule has 7 heteroatoms. The molecule has 1 amide bonds. The maximum absolute atomic E-state index is 11.8. The molecule has 7 nitrogen and oxygen atoms in total. The number of rotatable bonds is 5. The van der Waals surface area contributed by atoms with E-state index in [4.69, 9.17) is 9.47 Å². The van der Waals surface area contributed by atoms with Gasteiger partial charge >= 0.3 is 18.0 Å². The van der Waals surface area contributed by atoms with Crippen LogP contribution in [-0.2, 0) is 16.1 Å². The standard InChI is InChI=1S/C17H15NO6/c1-11(19)24-13-7-8-15(14(9-13)16(20)21)18-17(22)23-10-12-5-3-2-4-6-12/h2-9H,10H2,1H3,(H,18,22)(H,20,21). The van der Waals surface area contributed by atoms with E-state index < -0.39 is 18.0 Å². The van der Waals surface area contributed by atoms with Crippen LogP contribution in [0.1, 0.15) is 22.8 Å². The fourth-order valence-electron chi connectivity index (χ4n) is 1.91. The van der Waals surface area contributed by atoms with Crippen LogP contribution < -0.4 is 10.1 Å². The Morgan fingerprint density at radius 3 is 2.42 bits per heavy atom. The molecule has 124 valence electrons. The third kappa shape index (κ3) is 4.84. The highest BCUT2D eigenvalue weighted by molar-refractivity contribution is 5.99. The van der Waals surface area contributed by atoms with Crippen LogP contribution in [0.25, 0.3) is 0 Å². The van der Waals surface area contributed by atoms with E-state index in [0.717, 1.165) is 11.6 Å². The number of aromatic carboxylic acids is 1. The molecule has 0 saturated heterocycles. The van der Waals surface area contributed by atoms with Gasteiger partial charge in [0.2, 0.25) is 0 Å². The minimum Gasteiger partial charge on any atom is -0.478 e. The summed E-state index contributed by atoms with van der Waals surface area (Å²) in [5.41, 5.74) is 0.623. The van der Waals surface area contributed by atoms with Gasteiger partial charge in [0.15, 0.2) is 0 Å². The molecule has 0 aliphatic carbocycles. The summed E-state index contributed by atoms with van der Waals surface area (Å²) in [5.74, 6) is -1.78. The highest BCUT2D eigenvalue weighted by Gasteiger charge is 2.15. The number of ether oxygens (including phenoxy) is 2. The lowest BCUT2D eigenvalue weighted by atomic mass is 10.1. The highest BCUT2D eigenvalue weighted by Crippen LogP contribution is 2.23. The zero-order chi connectivity index (χ0) is 17.5. The van der Waals surface area contributed by atoms with Crippen molar-refractivity contribution in [2.45, 2.75) is 13.5 Å². The van der Waals surface area contributed by atoms with E-state index in [-0.39, 0.29) is 23.6 Å². The van der Waals surface area contributed by atoms with Gasteiger partial charge in [0.05, 0.1) is 11.3 Å². The van der Waals surface area contributed by atoms with E-state index in [2.05, 4.69) is 5.32 Å². The lowest BCUT2D eigenvalue weighted by Crippen LogP contribution is -2.16. The van der Waals surface area contributed by atoms with Crippen LogP contribution in [0.3, 0.4) is 0 Å². The number of carbonyl (C=O) groups excluding carboxylic acids is 2. The molecule has 2 aromatic carbocycles. The third-order valence-electron chi connectivity index (χ3n) is 2.93. The smallest absolute Gasteiger partial charge is 0.411 e. The van der Waals surface area contributed by atoms with Gasteiger partial charge < -0.3 is 14.6 Å². The van der Waals surface area contributed by atoms with Gasteiger partial charge in [-0.3, -0.25) is 10.1 Å². The summed E-state index contributed by atoms with van der Waals surface area (Å²) >= 11 is 0. The predicted molar refractivity (Wildman–Crippen MR) is 85.0 cm³/mol. The summed E-state index contributed by atoms with van der Waals surface area (Å²) in [6.45, 7) is 1.26. The van der Waals surface area contributed by atoms with Crippen LogP contribution in [0.5, 0.6) is 5.75 Å². The summed E-state index contributed by atoms with van der Waals surface area (Å²) in [6, 6.07) is 12.9. The Kier molecular flexibility index (Phi) is 5.51. The topological polar surface area (TPSA) is 102 Å². The van der Waals surface area contributed by atoms with E-state index in [9.17, 15) is 19.5 Å². The molecular weight excluding hydrogens is 314 g/mol. The van der Waals surface area contributed by atoms with Gasteiger partial charge in [-0.1, -0.05) is 30.3 Å². The Balaban J connectivity index is 2.06. The molecule has 2 N–H and O–H groups in total. The number of nitrogens with one attached hydrogen (secondary N) is 1. The van der Waals surface area contributed by atoms with Crippen molar-refractivity contribution in [1.29, 1.82) is 0 Å². The van der Waals surface area contributed by atoms with Crippen LogP contribution in [0.2, 0.25) is 0 Å². The van der Waals surface area contributed by atoms with Gasteiger partial charge in [-0.15, -0.1) is 0 Å². The number of esters is 1. The molecule has 0 fully saturated rings. The number of amides is 1. The van der Waals surface area contributed by atoms with E-state index in [1.54, 1.807) is 12.1 Å². The highest BCUT2D eigenvalue weighted by atomic mass is 16.5. The first-order valence-electron chi connectivity index (χ1n) is 6.99. The summed E-state index contributed by atoms with van der Waals surface area (Å²) in [5, 5.41) is 11.6. The van der Waals surface area contributed by atoms with E-state index in [1.807, 2.05) is 18.2 Å². The van der Waals surface area contributed by atoms with Crippen LogP contribution in [0, 0.1) is 0 Å². The first kappa shape index (κ1) is 17.0. The van der Waals surface area contributed by atoms with Gasteiger partial charge in [0, 0.05) is 6.92 Å². The van der Waals surface area contributed by atoms with Crippen molar-refractivity contribution in [3.8, 4) is 5.75 Å². The van der Waals surface area contributed by atoms with Gasteiger partial charge in [-0.25, -0.2) is 9.59 Å². The monoisotopic (exact) mass is 329 g/mol. The first-order chi connectivity index (χ1) is 11.5. The predicted octanol–water partition coefficient (Wildman–Crippen LogP) is 3.06. The molecule has 0 aliphatic rings. The molecule has 0 aromatic heterocycles. The first-order valence-corrected chi connectivity index (χ1v) is 6.99. The Hall–Kier alpha value is -3.35. The second-order valence-electron chi connectivity index (χ2n) is 4.79. The zero-order valence-corrected chi connectivity index (χ0v) is 12.8. The normalized spacial score (nSPS) is 9.88. The number of carboxylic acids is 1. The summed E-state index contributed by atoms with van der Waals surface area (Å²) in [7, 11) is 0. The van der Waals surface area contributed by atoms with Gasteiger partial charge in [0.1, 0.15) is 12.4 Å². The molecule has 0 saturated carbocycles. The summed E-state index contributed by atoms with van der Waals surface area (Å²) < 4.78 is 9.86. The SMILES string of the molecule is CC(=O)Oc1ccc(NC(=O)OCc2ccccc2)c(C(=O)O)c1. The number of carbonyl (C=O) groups is 3. The van der Waals surface area contributed by atoms with Gasteiger partial charge in [0.25, 0.3) is 0 Å². The number of anilines is 1. The molecule has 0 unspecified atom stereocenters. The molecule has 2 rings (SSSR count). The minimum atomic E-state index is -1.28. The van der Waals surface area contributed by atoms with Crippen molar-refractivity contribution < 1.29 is 29.0 Å². The molecule has 0 spiro atoms. The zero-order valence-electron chi connectivity index (χ0n) is 12.8. The lowest BCUT2D eigenvalue weighted by Gasteiger charge is -2.11. The van der Waals surface area contributed by atoms with Crippen molar-refractivity contribution in [3.05, 3.63) is 59.7 Å². The molecule has 24 heavy (non-hydrogen) atoms.